The maximum Gasteiger partial charge on any atom is 0.328 e. The lowest BCUT2D eigenvalue weighted by Gasteiger charge is -2.11. The van der Waals surface area contributed by atoms with Crippen LogP contribution in [0.2, 0.25) is 0 Å². The van der Waals surface area contributed by atoms with Crippen LogP contribution in [0.4, 0.5) is 0 Å². The molecule has 0 amide bonds. The SMILES string of the molecule is Cc1ccc(OCc2ccccc2Br)c(C=CC(=O)O)c1. The van der Waals surface area contributed by atoms with Gasteiger partial charge in [-0.05, 0) is 31.2 Å². The molecule has 0 aliphatic heterocycles. The largest absolute Gasteiger partial charge is 0.488 e. The third kappa shape index (κ3) is 4.46. The second-order valence-corrected chi connectivity index (χ2v) is 5.45. The van der Waals surface area contributed by atoms with Crippen molar-refractivity contribution in [2.45, 2.75) is 13.5 Å². The predicted molar refractivity (Wildman–Crippen MR) is 86.3 cm³/mol. The molecular formula is C17H15BrO3. The molecule has 0 aromatic heterocycles. The molecule has 0 saturated heterocycles. The minimum Gasteiger partial charge on any atom is -0.488 e. The molecule has 1 N–H and O–H groups in total. The molecule has 4 heteroatoms. The number of carboxylic acid groups (broad SMARTS) is 1. The molecule has 0 heterocycles. The summed E-state index contributed by atoms with van der Waals surface area (Å²) < 4.78 is 6.80. The number of carboxylic acids is 1. The van der Waals surface area contributed by atoms with Crippen LogP contribution < -0.4 is 4.74 Å². The molecule has 0 fully saturated rings. The average molecular weight is 347 g/mol. The van der Waals surface area contributed by atoms with E-state index < -0.39 is 5.97 Å². The van der Waals surface area contributed by atoms with Gasteiger partial charge in [-0.25, -0.2) is 4.79 Å². The van der Waals surface area contributed by atoms with Crippen LogP contribution in [0.25, 0.3) is 6.08 Å². The highest BCUT2D eigenvalue weighted by Crippen LogP contribution is 2.24. The van der Waals surface area contributed by atoms with E-state index in [1.165, 1.54) is 0 Å². The van der Waals surface area contributed by atoms with E-state index in [9.17, 15) is 4.79 Å². The molecule has 2 rings (SSSR count). The Morgan fingerprint density at radius 3 is 2.76 bits per heavy atom. The molecular weight excluding hydrogens is 332 g/mol. The maximum atomic E-state index is 10.7. The van der Waals surface area contributed by atoms with Gasteiger partial charge >= 0.3 is 5.97 Å². The summed E-state index contributed by atoms with van der Waals surface area (Å²) in [4.78, 5) is 10.7. The first-order chi connectivity index (χ1) is 10.1. The second-order valence-electron chi connectivity index (χ2n) is 4.59. The molecule has 0 aliphatic rings. The molecule has 21 heavy (non-hydrogen) atoms. The van der Waals surface area contributed by atoms with E-state index >= 15 is 0 Å². The second kappa shape index (κ2) is 7.09. The van der Waals surface area contributed by atoms with Crippen molar-refractivity contribution in [1.29, 1.82) is 0 Å². The number of hydrogen-bond donors (Lipinski definition) is 1. The Morgan fingerprint density at radius 1 is 1.29 bits per heavy atom. The van der Waals surface area contributed by atoms with Gasteiger partial charge in [0.15, 0.2) is 0 Å². The molecule has 3 nitrogen and oxygen atoms in total. The van der Waals surface area contributed by atoms with Crippen molar-refractivity contribution >= 4 is 28.0 Å². The third-order valence-corrected chi connectivity index (χ3v) is 3.69. The lowest BCUT2D eigenvalue weighted by molar-refractivity contribution is -0.131. The number of halogens is 1. The Morgan fingerprint density at radius 2 is 2.05 bits per heavy atom. The van der Waals surface area contributed by atoms with Crippen molar-refractivity contribution in [1.82, 2.24) is 0 Å². The van der Waals surface area contributed by atoms with Crippen molar-refractivity contribution < 1.29 is 14.6 Å². The van der Waals surface area contributed by atoms with Crippen LogP contribution in [0.1, 0.15) is 16.7 Å². The molecule has 2 aromatic rings. The standard InChI is InChI=1S/C17H15BrO3/c1-12-6-8-16(13(10-12)7-9-17(19)20)21-11-14-4-2-3-5-15(14)18/h2-10H,11H2,1H3,(H,19,20). The topological polar surface area (TPSA) is 46.5 Å². The van der Waals surface area contributed by atoms with Crippen molar-refractivity contribution in [2.75, 3.05) is 0 Å². The molecule has 0 saturated carbocycles. The summed E-state index contributed by atoms with van der Waals surface area (Å²) in [7, 11) is 0. The molecule has 2 aromatic carbocycles. The van der Waals surface area contributed by atoms with E-state index in [4.69, 9.17) is 9.84 Å². The van der Waals surface area contributed by atoms with Crippen LogP contribution in [0, 0.1) is 6.92 Å². The molecule has 0 aliphatic carbocycles. The molecule has 0 atom stereocenters. The van der Waals surface area contributed by atoms with Crippen molar-refractivity contribution in [2.24, 2.45) is 0 Å². The number of aryl methyl sites for hydroxylation is 1. The van der Waals surface area contributed by atoms with Gasteiger partial charge < -0.3 is 9.84 Å². The number of hydrogen-bond acceptors (Lipinski definition) is 2. The molecule has 0 spiro atoms. The summed E-state index contributed by atoms with van der Waals surface area (Å²) in [5.41, 5.74) is 2.84. The zero-order valence-electron chi connectivity index (χ0n) is 11.5. The van der Waals surface area contributed by atoms with Crippen molar-refractivity contribution in [3.05, 3.63) is 69.7 Å². The van der Waals surface area contributed by atoms with Crippen LogP contribution >= 0.6 is 15.9 Å². The van der Waals surface area contributed by atoms with Gasteiger partial charge in [-0.2, -0.15) is 0 Å². The fourth-order valence-corrected chi connectivity index (χ4v) is 2.26. The fraction of sp³-hybridized carbons (Fsp3) is 0.118. The Hall–Kier alpha value is -2.07. The minimum atomic E-state index is -0.978. The zero-order valence-corrected chi connectivity index (χ0v) is 13.1. The number of aliphatic carboxylic acids is 1. The minimum absolute atomic E-state index is 0.415. The monoisotopic (exact) mass is 346 g/mol. The molecule has 0 bridgehead atoms. The Labute approximate surface area is 132 Å². The first kappa shape index (κ1) is 15.3. The molecule has 0 radical (unpaired) electrons. The number of rotatable bonds is 5. The summed E-state index contributed by atoms with van der Waals surface area (Å²) in [6.45, 7) is 2.37. The van der Waals surface area contributed by atoms with Gasteiger partial charge in [0.1, 0.15) is 12.4 Å². The van der Waals surface area contributed by atoms with Gasteiger partial charge in [-0.1, -0.05) is 45.8 Å². The summed E-state index contributed by atoms with van der Waals surface area (Å²) in [5.74, 6) is -0.317. The Balaban J connectivity index is 2.20. The van der Waals surface area contributed by atoms with Crippen LogP contribution in [0.3, 0.4) is 0 Å². The predicted octanol–water partition coefficient (Wildman–Crippen LogP) is 4.43. The van der Waals surface area contributed by atoms with E-state index in [-0.39, 0.29) is 0 Å². The van der Waals surface area contributed by atoms with Crippen LogP contribution in [-0.4, -0.2) is 11.1 Å². The zero-order chi connectivity index (χ0) is 15.2. The maximum absolute atomic E-state index is 10.7. The summed E-state index contributed by atoms with van der Waals surface area (Å²) in [6, 6.07) is 13.5. The first-order valence-electron chi connectivity index (χ1n) is 6.44. The fourth-order valence-electron chi connectivity index (χ4n) is 1.86. The molecule has 108 valence electrons. The highest BCUT2D eigenvalue weighted by molar-refractivity contribution is 9.10. The number of ether oxygens (including phenoxy) is 1. The van der Waals surface area contributed by atoms with Gasteiger partial charge in [-0.3, -0.25) is 0 Å². The van der Waals surface area contributed by atoms with E-state index in [1.807, 2.05) is 49.4 Å². The Kier molecular flexibility index (Phi) is 5.17. The van der Waals surface area contributed by atoms with E-state index in [0.717, 1.165) is 27.2 Å². The van der Waals surface area contributed by atoms with Crippen LogP contribution in [-0.2, 0) is 11.4 Å². The highest BCUT2D eigenvalue weighted by Gasteiger charge is 2.04. The lowest BCUT2D eigenvalue weighted by atomic mass is 10.1. The first-order valence-corrected chi connectivity index (χ1v) is 7.23. The smallest absolute Gasteiger partial charge is 0.328 e. The van der Waals surface area contributed by atoms with Crippen molar-refractivity contribution in [3.63, 3.8) is 0 Å². The average Bonchev–Trinajstić information content (AvgIpc) is 2.45. The van der Waals surface area contributed by atoms with Gasteiger partial charge in [0.25, 0.3) is 0 Å². The summed E-state index contributed by atoms with van der Waals surface area (Å²) in [6.07, 6.45) is 2.66. The van der Waals surface area contributed by atoms with Crippen LogP contribution in [0.5, 0.6) is 5.75 Å². The highest BCUT2D eigenvalue weighted by atomic mass is 79.9. The van der Waals surface area contributed by atoms with Crippen molar-refractivity contribution in [3.8, 4) is 5.75 Å². The van der Waals surface area contributed by atoms with Gasteiger partial charge in [-0.15, -0.1) is 0 Å². The van der Waals surface area contributed by atoms with Gasteiger partial charge in [0, 0.05) is 21.7 Å². The van der Waals surface area contributed by atoms with E-state index in [0.29, 0.717) is 12.4 Å². The third-order valence-electron chi connectivity index (χ3n) is 2.91. The normalized spacial score (nSPS) is 10.8. The quantitative estimate of drug-likeness (QED) is 0.814. The van der Waals surface area contributed by atoms with E-state index in [1.54, 1.807) is 6.08 Å². The van der Waals surface area contributed by atoms with E-state index in [2.05, 4.69) is 15.9 Å². The number of carbonyl (C=O) groups is 1. The van der Waals surface area contributed by atoms with Crippen LogP contribution in [0.15, 0.2) is 53.0 Å². The lowest BCUT2D eigenvalue weighted by Crippen LogP contribution is -1.98. The van der Waals surface area contributed by atoms with Gasteiger partial charge in [0.2, 0.25) is 0 Å². The Bertz CT molecular complexity index is 677. The number of benzene rings is 2. The van der Waals surface area contributed by atoms with Gasteiger partial charge in [0.05, 0.1) is 0 Å². The summed E-state index contributed by atoms with van der Waals surface area (Å²) >= 11 is 3.48. The molecule has 0 unspecified atom stereocenters. The summed E-state index contributed by atoms with van der Waals surface area (Å²) in [5, 5.41) is 8.75.